The molecule has 4 rings (SSSR count). The normalized spacial score (nSPS) is 31.1. The second-order valence-corrected chi connectivity index (χ2v) is 10.1. The number of nitrogens with zero attached hydrogens (tertiary/aromatic N) is 1. The number of aryl methyl sites for hydroxylation is 1. The topological polar surface area (TPSA) is 61.7 Å². The number of phenols is 1. The molecule has 0 heterocycles. The van der Waals surface area contributed by atoms with E-state index in [4.69, 9.17) is 0 Å². The van der Waals surface area contributed by atoms with Crippen LogP contribution in [0.5, 0.6) is 5.75 Å². The molecule has 4 atom stereocenters. The number of fused-ring (bicyclic) bond motifs is 5. The number of carbonyl (C=O) groups excluding carboxylic acids is 1. The molecule has 0 spiro atoms. The Morgan fingerprint density at radius 2 is 2.00 bits per heavy atom. The van der Waals surface area contributed by atoms with Crippen molar-refractivity contribution < 1.29 is 9.90 Å². The lowest BCUT2D eigenvalue weighted by Gasteiger charge is -2.49. The van der Waals surface area contributed by atoms with Gasteiger partial charge in [0.05, 0.1) is 0 Å². The highest BCUT2D eigenvalue weighted by Gasteiger charge is 2.53. The first-order valence-corrected chi connectivity index (χ1v) is 12.2. The Bertz CT molecular complexity index is 802. The van der Waals surface area contributed by atoms with Gasteiger partial charge in [0.2, 0.25) is 5.91 Å². The van der Waals surface area contributed by atoms with Gasteiger partial charge < -0.3 is 5.11 Å². The van der Waals surface area contributed by atoms with Gasteiger partial charge in [-0.25, -0.2) is 5.43 Å². The standard InChI is InChI=1S/C26H38N2O2/c1-3-4-5-6-7-8-25(30)28-27-24-14-13-23-22-11-9-18-17-19(29)10-12-20(18)21(22)15-16-26(23,24)2/h10,12,17,21-23,29H,3-9,11,13-16H2,1-2H3,(H,28,30)/b27-24-/t21-,22-,23-,26+/m1/s1. The Balaban J connectivity index is 1.38. The molecule has 2 N–H and O–H groups in total. The minimum absolute atomic E-state index is 0.0751. The van der Waals surface area contributed by atoms with Crippen molar-refractivity contribution in [1.29, 1.82) is 0 Å². The van der Waals surface area contributed by atoms with Crippen LogP contribution in [0.15, 0.2) is 23.3 Å². The molecule has 30 heavy (non-hydrogen) atoms. The molecule has 3 aliphatic rings. The lowest BCUT2D eigenvalue weighted by Crippen LogP contribution is -2.43. The van der Waals surface area contributed by atoms with E-state index < -0.39 is 0 Å². The first-order chi connectivity index (χ1) is 14.5. The van der Waals surface area contributed by atoms with Crippen LogP contribution in [0.25, 0.3) is 0 Å². The molecule has 0 aliphatic heterocycles. The molecule has 2 fully saturated rings. The molecule has 0 saturated heterocycles. The highest BCUT2D eigenvalue weighted by Crippen LogP contribution is 2.59. The summed E-state index contributed by atoms with van der Waals surface area (Å²) >= 11 is 0. The predicted octanol–water partition coefficient (Wildman–Crippen LogP) is 6.08. The summed E-state index contributed by atoms with van der Waals surface area (Å²) in [5, 5.41) is 14.5. The molecule has 2 saturated carbocycles. The predicted molar refractivity (Wildman–Crippen MR) is 122 cm³/mol. The maximum absolute atomic E-state index is 12.3. The number of aromatic hydroxyl groups is 1. The van der Waals surface area contributed by atoms with Crippen molar-refractivity contribution in [2.75, 3.05) is 0 Å². The Labute approximate surface area is 181 Å². The number of amides is 1. The number of unbranched alkanes of at least 4 members (excludes halogenated alkanes) is 4. The maximum atomic E-state index is 12.3. The highest BCUT2D eigenvalue weighted by molar-refractivity contribution is 5.93. The van der Waals surface area contributed by atoms with Crippen molar-refractivity contribution in [1.82, 2.24) is 5.43 Å². The summed E-state index contributed by atoms with van der Waals surface area (Å²) in [6, 6.07) is 5.99. The molecule has 164 valence electrons. The van der Waals surface area contributed by atoms with E-state index >= 15 is 0 Å². The Morgan fingerprint density at radius 1 is 1.17 bits per heavy atom. The van der Waals surface area contributed by atoms with Crippen molar-refractivity contribution in [2.45, 2.75) is 96.8 Å². The van der Waals surface area contributed by atoms with E-state index in [2.05, 4.69) is 30.4 Å². The van der Waals surface area contributed by atoms with Gasteiger partial charge in [-0.15, -0.1) is 0 Å². The Hall–Kier alpha value is -1.84. The van der Waals surface area contributed by atoms with Crippen LogP contribution in [0.4, 0.5) is 0 Å². The second kappa shape index (κ2) is 9.11. The zero-order valence-electron chi connectivity index (χ0n) is 18.8. The number of carbonyl (C=O) groups is 1. The molecule has 0 radical (unpaired) electrons. The third-order valence-corrected chi connectivity index (χ3v) is 8.27. The summed E-state index contributed by atoms with van der Waals surface area (Å²) in [5.74, 6) is 2.44. The van der Waals surface area contributed by atoms with Crippen LogP contribution < -0.4 is 5.43 Å². The van der Waals surface area contributed by atoms with Crippen molar-refractivity contribution in [3.05, 3.63) is 29.3 Å². The van der Waals surface area contributed by atoms with Gasteiger partial charge in [0.25, 0.3) is 0 Å². The number of hydrogen-bond acceptors (Lipinski definition) is 3. The number of rotatable bonds is 7. The summed E-state index contributed by atoms with van der Waals surface area (Å²) in [6.45, 7) is 4.60. The number of nitrogens with one attached hydrogen (secondary N) is 1. The van der Waals surface area contributed by atoms with Crippen molar-refractivity contribution in [3.8, 4) is 5.75 Å². The Morgan fingerprint density at radius 3 is 2.83 bits per heavy atom. The minimum atomic E-state index is 0.0751. The van der Waals surface area contributed by atoms with E-state index in [1.54, 1.807) is 0 Å². The SMILES string of the molecule is CCCCCCCC(=O)N/N=C1/CC[C@@H]2[C@@H]3CCc4cc(O)ccc4[C@H]3CC[C@]12C. The maximum Gasteiger partial charge on any atom is 0.240 e. The Kier molecular flexibility index (Phi) is 6.50. The summed E-state index contributed by atoms with van der Waals surface area (Å²) in [6.07, 6.45) is 13.2. The molecule has 1 aromatic carbocycles. The molecule has 0 unspecified atom stereocenters. The molecular formula is C26H38N2O2. The fraction of sp³-hybridized carbons (Fsp3) is 0.692. The van der Waals surface area contributed by atoms with E-state index in [1.165, 1.54) is 55.4 Å². The average Bonchev–Trinajstić information content (AvgIpc) is 3.08. The lowest BCUT2D eigenvalue weighted by molar-refractivity contribution is -0.121. The number of phenolic OH excluding ortho intramolecular Hbond substituents is 1. The van der Waals surface area contributed by atoms with Gasteiger partial charge in [-0.3, -0.25) is 4.79 Å². The molecule has 3 aliphatic carbocycles. The number of hydrogen-bond donors (Lipinski definition) is 2. The first-order valence-electron chi connectivity index (χ1n) is 12.2. The third-order valence-electron chi connectivity index (χ3n) is 8.27. The van der Waals surface area contributed by atoms with Crippen molar-refractivity contribution in [3.63, 3.8) is 0 Å². The van der Waals surface area contributed by atoms with Crippen LogP contribution in [-0.2, 0) is 11.2 Å². The molecule has 0 bridgehead atoms. The fourth-order valence-electron chi connectivity index (χ4n) is 6.62. The van der Waals surface area contributed by atoms with Crippen molar-refractivity contribution >= 4 is 11.6 Å². The van der Waals surface area contributed by atoms with Gasteiger partial charge in [-0.1, -0.05) is 45.6 Å². The summed E-state index contributed by atoms with van der Waals surface area (Å²) in [7, 11) is 0. The van der Waals surface area contributed by atoms with E-state index in [0.29, 0.717) is 29.9 Å². The molecule has 1 aromatic rings. The monoisotopic (exact) mass is 410 g/mol. The smallest absolute Gasteiger partial charge is 0.240 e. The van der Waals surface area contributed by atoms with E-state index in [0.717, 1.165) is 32.1 Å². The summed E-state index contributed by atoms with van der Waals surface area (Å²) < 4.78 is 0. The summed E-state index contributed by atoms with van der Waals surface area (Å²) in [4.78, 5) is 12.3. The quantitative estimate of drug-likeness (QED) is 0.422. The van der Waals surface area contributed by atoms with Crippen LogP contribution in [0.3, 0.4) is 0 Å². The van der Waals surface area contributed by atoms with Gasteiger partial charge in [0.15, 0.2) is 0 Å². The van der Waals surface area contributed by atoms with Crippen molar-refractivity contribution in [2.24, 2.45) is 22.4 Å². The van der Waals surface area contributed by atoms with Crippen LogP contribution >= 0.6 is 0 Å². The molecule has 4 heteroatoms. The lowest BCUT2D eigenvalue weighted by atomic mass is 9.55. The molecular weight excluding hydrogens is 372 g/mol. The van der Waals surface area contributed by atoms with Gasteiger partial charge in [-0.2, -0.15) is 5.10 Å². The largest absolute Gasteiger partial charge is 0.508 e. The number of benzene rings is 1. The first kappa shape index (κ1) is 21.4. The molecule has 4 nitrogen and oxygen atoms in total. The van der Waals surface area contributed by atoms with Gasteiger partial charge in [-0.05, 0) is 86.0 Å². The van der Waals surface area contributed by atoms with Gasteiger partial charge in [0.1, 0.15) is 5.75 Å². The number of hydrazone groups is 1. The van der Waals surface area contributed by atoms with Crippen LogP contribution in [0.2, 0.25) is 0 Å². The third kappa shape index (κ3) is 4.15. The molecule has 0 aromatic heterocycles. The van der Waals surface area contributed by atoms with Gasteiger partial charge in [0, 0.05) is 17.5 Å². The van der Waals surface area contributed by atoms with Gasteiger partial charge >= 0.3 is 0 Å². The zero-order valence-corrected chi connectivity index (χ0v) is 18.8. The van der Waals surface area contributed by atoms with Crippen LogP contribution in [0.1, 0.15) is 102 Å². The highest BCUT2D eigenvalue weighted by atomic mass is 16.3. The second-order valence-electron chi connectivity index (χ2n) is 10.1. The minimum Gasteiger partial charge on any atom is -0.508 e. The van der Waals surface area contributed by atoms with E-state index in [9.17, 15) is 9.90 Å². The van der Waals surface area contributed by atoms with Crippen LogP contribution in [-0.4, -0.2) is 16.7 Å². The van der Waals surface area contributed by atoms with Crippen LogP contribution in [0, 0.1) is 17.3 Å². The zero-order chi connectivity index (χ0) is 21.1. The average molecular weight is 411 g/mol. The van der Waals surface area contributed by atoms with E-state index in [-0.39, 0.29) is 11.3 Å². The molecule has 1 amide bonds. The van der Waals surface area contributed by atoms with E-state index in [1.807, 2.05) is 12.1 Å². The fourth-order valence-corrected chi connectivity index (χ4v) is 6.62. The summed E-state index contributed by atoms with van der Waals surface area (Å²) in [5.41, 5.74) is 7.05.